The Balaban J connectivity index is 1.58. The molecule has 0 aliphatic rings. The normalized spacial score (nSPS) is 10.4. The molecule has 0 fully saturated rings. The molecule has 0 atom stereocenters. The number of H-pyrrole nitrogens is 1. The highest BCUT2D eigenvalue weighted by Crippen LogP contribution is 2.18. The van der Waals surface area contributed by atoms with E-state index in [0.29, 0.717) is 6.54 Å². The maximum Gasteiger partial charge on any atom is 0.224 e. The fourth-order valence-electron chi connectivity index (χ4n) is 2.48. The lowest BCUT2D eigenvalue weighted by atomic mass is 10.1. The van der Waals surface area contributed by atoms with E-state index in [4.69, 9.17) is 4.74 Å². The summed E-state index contributed by atoms with van der Waals surface area (Å²) in [5, 5.41) is 2.88. The van der Waals surface area contributed by atoms with Gasteiger partial charge in [-0.1, -0.05) is 48.5 Å². The smallest absolute Gasteiger partial charge is 0.224 e. The zero-order valence-electron chi connectivity index (χ0n) is 13.5. The van der Waals surface area contributed by atoms with Crippen molar-refractivity contribution >= 4 is 5.91 Å². The monoisotopic (exact) mass is 321 g/mol. The van der Waals surface area contributed by atoms with Crippen LogP contribution in [0.2, 0.25) is 0 Å². The number of carbonyl (C=O) groups is 1. The zero-order chi connectivity index (χ0) is 16.8. The summed E-state index contributed by atoms with van der Waals surface area (Å²) >= 11 is 0. The summed E-state index contributed by atoms with van der Waals surface area (Å²) in [6, 6.07) is 17.5. The molecule has 3 rings (SSSR count). The van der Waals surface area contributed by atoms with Gasteiger partial charge in [0.25, 0.3) is 0 Å². The van der Waals surface area contributed by atoms with Gasteiger partial charge in [-0.05, 0) is 11.6 Å². The third-order valence-corrected chi connectivity index (χ3v) is 3.71. The standard InChI is InChI=1S/C19H19N3O2/c1-24-17-10-6-5-9-15(17)11-19(23)21-13-18-20-12-16(22-18)14-7-3-2-4-8-14/h2-10,12H,11,13H2,1H3,(H,20,22)(H,21,23). The second kappa shape index (κ2) is 7.46. The molecule has 0 bridgehead atoms. The Kier molecular flexibility index (Phi) is 4.91. The summed E-state index contributed by atoms with van der Waals surface area (Å²) in [6.45, 7) is 0.362. The fourth-order valence-corrected chi connectivity index (χ4v) is 2.48. The summed E-state index contributed by atoms with van der Waals surface area (Å²) < 4.78 is 5.26. The molecule has 1 aromatic heterocycles. The minimum Gasteiger partial charge on any atom is -0.496 e. The largest absolute Gasteiger partial charge is 0.496 e. The van der Waals surface area contributed by atoms with Crippen LogP contribution >= 0.6 is 0 Å². The van der Waals surface area contributed by atoms with E-state index in [9.17, 15) is 4.79 Å². The van der Waals surface area contributed by atoms with Crippen molar-refractivity contribution < 1.29 is 9.53 Å². The van der Waals surface area contributed by atoms with Gasteiger partial charge in [0.05, 0.1) is 32.0 Å². The van der Waals surface area contributed by atoms with E-state index in [1.165, 1.54) is 0 Å². The van der Waals surface area contributed by atoms with Crippen LogP contribution in [0.25, 0.3) is 11.3 Å². The maximum absolute atomic E-state index is 12.1. The first-order chi connectivity index (χ1) is 11.8. The van der Waals surface area contributed by atoms with E-state index in [2.05, 4.69) is 15.3 Å². The molecule has 2 aromatic carbocycles. The molecule has 122 valence electrons. The minimum atomic E-state index is -0.0721. The first-order valence-corrected chi connectivity index (χ1v) is 7.74. The number of carbonyl (C=O) groups excluding carboxylic acids is 1. The first-order valence-electron chi connectivity index (χ1n) is 7.74. The van der Waals surface area contributed by atoms with E-state index in [1.807, 2.05) is 54.6 Å². The topological polar surface area (TPSA) is 67.0 Å². The Morgan fingerprint density at radius 1 is 1.12 bits per heavy atom. The van der Waals surface area contributed by atoms with E-state index in [1.54, 1.807) is 13.3 Å². The second-order valence-electron chi connectivity index (χ2n) is 5.37. The van der Waals surface area contributed by atoms with Gasteiger partial charge < -0.3 is 15.0 Å². The van der Waals surface area contributed by atoms with Crippen molar-refractivity contribution in [3.63, 3.8) is 0 Å². The molecule has 1 amide bonds. The molecule has 0 radical (unpaired) electrons. The van der Waals surface area contributed by atoms with Gasteiger partial charge in [0.2, 0.25) is 5.91 Å². The summed E-state index contributed by atoms with van der Waals surface area (Å²) in [6.07, 6.45) is 2.05. The second-order valence-corrected chi connectivity index (χ2v) is 5.37. The molecule has 5 heteroatoms. The van der Waals surface area contributed by atoms with E-state index in [0.717, 1.165) is 28.4 Å². The average molecular weight is 321 g/mol. The van der Waals surface area contributed by atoms with Gasteiger partial charge in [-0.25, -0.2) is 4.98 Å². The Hall–Kier alpha value is -3.08. The number of imidazole rings is 1. The quantitative estimate of drug-likeness (QED) is 0.733. The molecule has 5 nitrogen and oxygen atoms in total. The maximum atomic E-state index is 12.1. The number of ether oxygens (including phenoxy) is 1. The van der Waals surface area contributed by atoms with Gasteiger partial charge in [-0.2, -0.15) is 0 Å². The van der Waals surface area contributed by atoms with Crippen molar-refractivity contribution in [3.05, 3.63) is 72.2 Å². The molecular weight excluding hydrogens is 302 g/mol. The molecule has 0 saturated carbocycles. The lowest BCUT2D eigenvalue weighted by Gasteiger charge is -2.08. The van der Waals surface area contributed by atoms with Crippen LogP contribution in [-0.2, 0) is 17.8 Å². The van der Waals surface area contributed by atoms with Crippen LogP contribution in [0, 0.1) is 0 Å². The van der Waals surface area contributed by atoms with Crippen molar-refractivity contribution in [2.45, 2.75) is 13.0 Å². The average Bonchev–Trinajstić information content (AvgIpc) is 3.10. The highest BCUT2D eigenvalue weighted by atomic mass is 16.5. The van der Waals surface area contributed by atoms with Crippen molar-refractivity contribution in [2.24, 2.45) is 0 Å². The van der Waals surface area contributed by atoms with Gasteiger partial charge >= 0.3 is 0 Å². The van der Waals surface area contributed by atoms with Crippen LogP contribution in [0.5, 0.6) is 5.75 Å². The van der Waals surface area contributed by atoms with Crippen LogP contribution in [0.1, 0.15) is 11.4 Å². The van der Waals surface area contributed by atoms with Crippen LogP contribution in [-0.4, -0.2) is 23.0 Å². The number of methoxy groups -OCH3 is 1. The summed E-state index contributed by atoms with van der Waals surface area (Å²) in [5.41, 5.74) is 2.86. The molecule has 1 heterocycles. The number of aromatic nitrogens is 2. The molecule has 0 saturated heterocycles. The number of hydrogen-bond acceptors (Lipinski definition) is 3. The Morgan fingerprint density at radius 2 is 1.88 bits per heavy atom. The van der Waals surface area contributed by atoms with E-state index < -0.39 is 0 Å². The van der Waals surface area contributed by atoms with Gasteiger partial charge in [-0.3, -0.25) is 4.79 Å². The predicted molar refractivity (Wildman–Crippen MR) is 92.6 cm³/mol. The van der Waals surface area contributed by atoms with Crippen molar-refractivity contribution in [3.8, 4) is 17.0 Å². The Morgan fingerprint density at radius 3 is 2.67 bits per heavy atom. The molecule has 0 unspecified atom stereocenters. The number of amides is 1. The van der Waals surface area contributed by atoms with E-state index in [-0.39, 0.29) is 12.3 Å². The van der Waals surface area contributed by atoms with Gasteiger partial charge in [0, 0.05) is 5.56 Å². The van der Waals surface area contributed by atoms with Gasteiger partial charge in [0.1, 0.15) is 11.6 Å². The summed E-state index contributed by atoms with van der Waals surface area (Å²) in [7, 11) is 1.60. The fraction of sp³-hybridized carbons (Fsp3) is 0.158. The highest BCUT2D eigenvalue weighted by Gasteiger charge is 2.09. The SMILES string of the molecule is COc1ccccc1CC(=O)NCc1ncc(-c2ccccc2)[nH]1. The molecule has 24 heavy (non-hydrogen) atoms. The molecule has 0 aliphatic heterocycles. The van der Waals surface area contributed by atoms with Crippen molar-refractivity contribution in [1.82, 2.24) is 15.3 Å². The molecular formula is C19H19N3O2. The Bertz CT molecular complexity index is 812. The Labute approximate surface area is 140 Å². The van der Waals surface area contributed by atoms with Crippen LogP contribution in [0.15, 0.2) is 60.8 Å². The van der Waals surface area contributed by atoms with Crippen LogP contribution in [0.3, 0.4) is 0 Å². The highest BCUT2D eigenvalue weighted by molar-refractivity contribution is 5.79. The number of rotatable bonds is 6. The molecule has 0 spiro atoms. The number of nitrogens with zero attached hydrogens (tertiary/aromatic N) is 1. The van der Waals surface area contributed by atoms with Crippen molar-refractivity contribution in [1.29, 1.82) is 0 Å². The summed E-state index contributed by atoms with van der Waals surface area (Å²) in [4.78, 5) is 19.7. The summed E-state index contributed by atoms with van der Waals surface area (Å²) in [5.74, 6) is 1.37. The third-order valence-electron chi connectivity index (χ3n) is 3.71. The van der Waals surface area contributed by atoms with Crippen molar-refractivity contribution in [2.75, 3.05) is 7.11 Å². The van der Waals surface area contributed by atoms with Crippen LogP contribution in [0.4, 0.5) is 0 Å². The third kappa shape index (κ3) is 3.81. The lowest BCUT2D eigenvalue weighted by Crippen LogP contribution is -2.25. The molecule has 3 aromatic rings. The number of benzene rings is 2. The number of hydrogen-bond donors (Lipinski definition) is 2. The van der Waals surface area contributed by atoms with Gasteiger partial charge in [-0.15, -0.1) is 0 Å². The van der Waals surface area contributed by atoms with Gasteiger partial charge in [0.15, 0.2) is 0 Å². The lowest BCUT2D eigenvalue weighted by molar-refractivity contribution is -0.120. The number of nitrogens with one attached hydrogen (secondary N) is 2. The number of para-hydroxylation sites is 1. The van der Waals surface area contributed by atoms with E-state index >= 15 is 0 Å². The zero-order valence-corrected chi connectivity index (χ0v) is 13.5. The molecule has 2 N–H and O–H groups in total. The number of aromatic amines is 1. The minimum absolute atomic E-state index is 0.0721. The van der Waals surface area contributed by atoms with Crippen LogP contribution < -0.4 is 10.1 Å². The molecule has 0 aliphatic carbocycles. The predicted octanol–water partition coefficient (Wildman–Crippen LogP) is 2.94. The first kappa shape index (κ1) is 15.8.